The number of hydrogen-bond acceptors (Lipinski definition) is 5. The van der Waals surface area contributed by atoms with E-state index in [2.05, 4.69) is 20.1 Å². The van der Waals surface area contributed by atoms with Crippen molar-refractivity contribution in [3.05, 3.63) is 66.0 Å². The fraction of sp³-hybridized carbons (Fsp3) is 0.286. The summed E-state index contributed by atoms with van der Waals surface area (Å²) in [5.41, 5.74) is 1.86. The van der Waals surface area contributed by atoms with Crippen LogP contribution >= 0.6 is 11.8 Å². The highest BCUT2D eigenvalue weighted by atomic mass is 32.2. The zero-order valence-corrected chi connectivity index (χ0v) is 16.5. The van der Waals surface area contributed by atoms with Crippen LogP contribution in [-0.2, 0) is 11.4 Å². The minimum absolute atomic E-state index is 0.0639. The number of thioether (sulfide) groups is 1. The Morgan fingerprint density at radius 2 is 1.89 bits per heavy atom. The van der Waals surface area contributed by atoms with Gasteiger partial charge in [0.25, 0.3) is 0 Å². The quantitative estimate of drug-likeness (QED) is 0.579. The van der Waals surface area contributed by atoms with Gasteiger partial charge in [0, 0.05) is 11.7 Å². The molecule has 0 spiro atoms. The van der Waals surface area contributed by atoms with E-state index in [1.807, 2.05) is 61.5 Å². The number of anilines is 1. The lowest BCUT2D eigenvalue weighted by Gasteiger charge is -2.09. The van der Waals surface area contributed by atoms with Crippen molar-refractivity contribution in [2.75, 3.05) is 11.1 Å². The Hall–Kier alpha value is -2.80. The Morgan fingerprint density at radius 3 is 2.61 bits per heavy atom. The monoisotopic (exact) mass is 394 g/mol. The molecule has 0 aliphatic heterocycles. The molecule has 7 heteroatoms. The number of rotatable bonds is 8. The van der Waals surface area contributed by atoms with Crippen LogP contribution in [0.4, 0.5) is 5.69 Å². The van der Waals surface area contributed by atoms with Crippen molar-refractivity contribution in [1.82, 2.24) is 14.8 Å². The number of ether oxygens (including phenoxy) is 1. The normalized spacial score (nSPS) is 13.3. The van der Waals surface area contributed by atoms with Gasteiger partial charge in [-0.2, -0.15) is 0 Å². The maximum Gasteiger partial charge on any atom is 0.234 e. The number of carbonyl (C=O) groups is 1. The zero-order valence-electron chi connectivity index (χ0n) is 15.7. The van der Waals surface area contributed by atoms with E-state index in [0.29, 0.717) is 18.4 Å². The largest absolute Gasteiger partial charge is 0.489 e. The van der Waals surface area contributed by atoms with Crippen LogP contribution in [0.15, 0.2) is 59.8 Å². The minimum atomic E-state index is -0.0639. The second-order valence-electron chi connectivity index (χ2n) is 6.77. The number of hydrogen-bond donors (Lipinski definition) is 1. The lowest BCUT2D eigenvalue weighted by atomic mass is 10.2. The average molecular weight is 395 g/mol. The number of amides is 1. The molecular formula is C21H22N4O2S. The lowest BCUT2D eigenvalue weighted by molar-refractivity contribution is -0.113. The van der Waals surface area contributed by atoms with Crippen molar-refractivity contribution < 1.29 is 9.53 Å². The van der Waals surface area contributed by atoms with Gasteiger partial charge in [-0.3, -0.25) is 4.79 Å². The molecule has 2 aromatic carbocycles. The average Bonchev–Trinajstić information content (AvgIpc) is 3.49. The summed E-state index contributed by atoms with van der Waals surface area (Å²) in [6.45, 7) is 2.47. The Labute approximate surface area is 168 Å². The Bertz CT molecular complexity index is 937. The first-order valence-corrected chi connectivity index (χ1v) is 10.3. The van der Waals surface area contributed by atoms with Gasteiger partial charge in [-0.05, 0) is 49.6 Å². The molecule has 1 fully saturated rings. The molecule has 0 saturated heterocycles. The van der Waals surface area contributed by atoms with Crippen molar-refractivity contribution in [1.29, 1.82) is 0 Å². The van der Waals surface area contributed by atoms with Crippen molar-refractivity contribution in [2.45, 2.75) is 37.6 Å². The highest BCUT2D eigenvalue weighted by Gasteiger charge is 2.28. The minimum Gasteiger partial charge on any atom is -0.489 e. The van der Waals surface area contributed by atoms with E-state index in [0.717, 1.165) is 40.8 Å². The Balaban J connectivity index is 1.26. The molecule has 0 unspecified atom stereocenters. The summed E-state index contributed by atoms with van der Waals surface area (Å²) in [6, 6.07) is 17.9. The van der Waals surface area contributed by atoms with Crippen LogP contribution in [-0.4, -0.2) is 26.4 Å². The third-order valence-corrected chi connectivity index (χ3v) is 5.41. The lowest BCUT2D eigenvalue weighted by Crippen LogP contribution is -2.14. The predicted octanol–water partition coefficient (Wildman–Crippen LogP) is 4.23. The van der Waals surface area contributed by atoms with Gasteiger partial charge in [0.05, 0.1) is 5.75 Å². The molecule has 1 aromatic heterocycles. The van der Waals surface area contributed by atoms with E-state index in [1.165, 1.54) is 11.8 Å². The van der Waals surface area contributed by atoms with Crippen LogP contribution in [0.2, 0.25) is 0 Å². The van der Waals surface area contributed by atoms with Gasteiger partial charge < -0.3 is 14.6 Å². The Kier molecular flexibility index (Phi) is 5.62. The van der Waals surface area contributed by atoms with Gasteiger partial charge in [-0.15, -0.1) is 10.2 Å². The number of nitrogens with one attached hydrogen (secondary N) is 1. The van der Waals surface area contributed by atoms with E-state index in [-0.39, 0.29) is 5.91 Å². The van der Waals surface area contributed by atoms with Crippen LogP contribution < -0.4 is 10.1 Å². The molecule has 0 atom stereocenters. The second kappa shape index (κ2) is 8.48. The maximum atomic E-state index is 12.3. The van der Waals surface area contributed by atoms with E-state index in [1.54, 1.807) is 0 Å². The fourth-order valence-corrected chi connectivity index (χ4v) is 3.76. The molecule has 1 N–H and O–H groups in total. The number of nitrogens with zero attached hydrogens (tertiary/aromatic N) is 3. The zero-order chi connectivity index (χ0) is 19.3. The molecule has 4 rings (SSSR count). The van der Waals surface area contributed by atoms with Gasteiger partial charge in [0.1, 0.15) is 18.2 Å². The van der Waals surface area contributed by atoms with E-state index in [9.17, 15) is 4.79 Å². The van der Waals surface area contributed by atoms with Crippen LogP contribution in [0.25, 0.3) is 0 Å². The van der Waals surface area contributed by atoms with Gasteiger partial charge in [0.2, 0.25) is 5.91 Å². The summed E-state index contributed by atoms with van der Waals surface area (Å²) >= 11 is 1.43. The van der Waals surface area contributed by atoms with Crippen LogP contribution in [0, 0.1) is 6.92 Å². The molecule has 6 nitrogen and oxygen atoms in total. The van der Waals surface area contributed by atoms with Crippen molar-refractivity contribution in [3.8, 4) is 5.75 Å². The molecule has 0 radical (unpaired) electrons. The maximum absolute atomic E-state index is 12.3. The smallest absolute Gasteiger partial charge is 0.234 e. The third-order valence-electron chi connectivity index (χ3n) is 4.47. The van der Waals surface area contributed by atoms with Crippen molar-refractivity contribution in [3.63, 3.8) is 0 Å². The topological polar surface area (TPSA) is 69.0 Å². The van der Waals surface area contributed by atoms with Crippen LogP contribution in [0.5, 0.6) is 5.75 Å². The molecule has 1 heterocycles. The first-order valence-electron chi connectivity index (χ1n) is 9.30. The van der Waals surface area contributed by atoms with E-state index >= 15 is 0 Å². The van der Waals surface area contributed by atoms with E-state index < -0.39 is 0 Å². The predicted molar refractivity (Wildman–Crippen MR) is 110 cm³/mol. The first kappa shape index (κ1) is 18.6. The van der Waals surface area contributed by atoms with Gasteiger partial charge in [0.15, 0.2) is 5.16 Å². The molecule has 1 aliphatic rings. The summed E-state index contributed by atoms with van der Waals surface area (Å²) < 4.78 is 7.90. The highest BCUT2D eigenvalue weighted by molar-refractivity contribution is 7.99. The number of carbonyl (C=O) groups excluding carboxylic acids is 1. The Morgan fingerprint density at radius 1 is 1.14 bits per heavy atom. The highest BCUT2D eigenvalue weighted by Crippen LogP contribution is 2.38. The van der Waals surface area contributed by atoms with E-state index in [4.69, 9.17) is 4.74 Å². The first-order chi connectivity index (χ1) is 13.7. The molecule has 144 valence electrons. The summed E-state index contributed by atoms with van der Waals surface area (Å²) in [6.07, 6.45) is 2.33. The summed E-state index contributed by atoms with van der Waals surface area (Å²) in [7, 11) is 0. The third kappa shape index (κ3) is 4.72. The standard InChI is InChI=1S/C21H22N4O2S/c1-15-23-24-21(25(15)18-9-10-18)28-14-20(26)22-17-7-11-19(12-8-17)27-13-16-5-3-2-4-6-16/h2-8,11-12,18H,9-10,13-14H2,1H3,(H,22,26). The SMILES string of the molecule is Cc1nnc(SCC(=O)Nc2ccc(OCc3ccccc3)cc2)n1C1CC1. The molecule has 3 aromatic rings. The molecule has 28 heavy (non-hydrogen) atoms. The summed E-state index contributed by atoms with van der Waals surface area (Å²) in [4.78, 5) is 12.3. The molecule has 1 saturated carbocycles. The van der Waals surface area contributed by atoms with Crippen LogP contribution in [0.3, 0.4) is 0 Å². The summed E-state index contributed by atoms with van der Waals surface area (Å²) in [5, 5.41) is 12.1. The molecule has 1 amide bonds. The molecular weight excluding hydrogens is 372 g/mol. The number of benzene rings is 2. The molecule has 1 aliphatic carbocycles. The van der Waals surface area contributed by atoms with Crippen molar-refractivity contribution in [2.24, 2.45) is 0 Å². The molecule has 0 bridgehead atoms. The summed E-state index contributed by atoms with van der Waals surface area (Å²) in [5.74, 6) is 1.92. The van der Waals surface area contributed by atoms with Gasteiger partial charge in [-0.1, -0.05) is 42.1 Å². The fourth-order valence-electron chi connectivity index (χ4n) is 2.90. The number of aryl methyl sites for hydroxylation is 1. The van der Waals surface area contributed by atoms with Gasteiger partial charge >= 0.3 is 0 Å². The van der Waals surface area contributed by atoms with Crippen molar-refractivity contribution >= 4 is 23.4 Å². The van der Waals surface area contributed by atoms with Crippen LogP contribution in [0.1, 0.15) is 30.3 Å². The second-order valence-corrected chi connectivity index (χ2v) is 7.71. The van der Waals surface area contributed by atoms with Gasteiger partial charge in [-0.25, -0.2) is 0 Å². The number of aromatic nitrogens is 3.